The van der Waals surface area contributed by atoms with Gasteiger partial charge in [0.25, 0.3) is 5.91 Å². The number of carbonyl (C=O) groups excluding carboxylic acids is 1. The standard InChI is InChI=1S/C22H32N8O2/c1-2-23-21(30-16-14-28(15-17-30)20(31)19-5-3-18-32-19)26-8-9-27-10-12-29(13-11-27)22-24-6-4-7-25-22/h3-7,18H,2,8-17H2,1H3,(H,23,26). The van der Waals surface area contributed by atoms with E-state index in [1.54, 1.807) is 24.5 Å². The minimum Gasteiger partial charge on any atom is -0.459 e. The first-order valence-electron chi connectivity index (χ1n) is 11.3. The number of nitrogens with zero attached hydrogens (tertiary/aromatic N) is 7. The number of hydrogen-bond donors (Lipinski definition) is 1. The summed E-state index contributed by atoms with van der Waals surface area (Å²) in [6.45, 7) is 11.2. The summed E-state index contributed by atoms with van der Waals surface area (Å²) in [5.41, 5.74) is 0. The van der Waals surface area contributed by atoms with Gasteiger partial charge >= 0.3 is 0 Å². The summed E-state index contributed by atoms with van der Waals surface area (Å²) in [7, 11) is 0. The summed E-state index contributed by atoms with van der Waals surface area (Å²) < 4.78 is 5.25. The number of aromatic nitrogens is 2. The first-order chi connectivity index (χ1) is 15.7. The Morgan fingerprint density at radius 2 is 1.75 bits per heavy atom. The predicted octanol–water partition coefficient (Wildman–Crippen LogP) is 0.615. The fraction of sp³-hybridized carbons (Fsp3) is 0.545. The molecule has 2 saturated heterocycles. The highest BCUT2D eigenvalue weighted by atomic mass is 16.3. The van der Waals surface area contributed by atoms with Gasteiger partial charge in [0.05, 0.1) is 12.8 Å². The van der Waals surface area contributed by atoms with Gasteiger partial charge in [0.1, 0.15) is 0 Å². The third kappa shape index (κ3) is 5.56. The Hall–Kier alpha value is -3.14. The Bertz CT molecular complexity index is 857. The molecule has 0 saturated carbocycles. The van der Waals surface area contributed by atoms with E-state index in [0.717, 1.165) is 70.8 Å². The first-order valence-corrected chi connectivity index (χ1v) is 11.3. The number of carbonyl (C=O) groups is 1. The molecule has 2 aromatic rings. The van der Waals surface area contributed by atoms with Crippen molar-refractivity contribution >= 4 is 17.8 Å². The lowest BCUT2D eigenvalue weighted by Gasteiger charge is -2.36. The number of aliphatic imine (C=N–C) groups is 1. The van der Waals surface area contributed by atoms with E-state index in [0.29, 0.717) is 18.8 Å². The van der Waals surface area contributed by atoms with E-state index in [2.05, 4.69) is 36.9 Å². The average Bonchev–Trinajstić information content (AvgIpc) is 3.39. The van der Waals surface area contributed by atoms with Gasteiger partial charge in [-0.3, -0.25) is 14.7 Å². The van der Waals surface area contributed by atoms with E-state index in [1.165, 1.54) is 6.26 Å². The van der Waals surface area contributed by atoms with E-state index in [1.807, 2.05) is 11.0 Å². The third-order valence-electron chi connectivity index (χ3n) is 5.82. The summed E-state index contributed by atoms with van der Waals surface area (Å²) in [6.07, 6.45) is 5.12. The molecule has 4 rings (SSSR count). The van der Waals surface area contributed by atoms with E-state index < -0.39 is 0 Å². The van der Waals surface area contributed by atoms with Crippen molar-refractivity contribution in [1.82, 2.24) is 30.0 Å². The molecule has 2 aliphatic rings. The van der Waals surface area contributed by atoms with Crippen LogP contribution in [0.2, 0.25) is 0 Å². The third-order valence-corrected chi connectivity index (χ3v) is 5.82. The fourth-order valence-corrected chi connectivity index (χ4v) is 4.03. The maximum Gasteiger partial charge on any atom is 0.289 e. The van der Waals surface area contributed by atoms with E-state index in [4.69, 9.17) is 9.41 Å². The summed E-state index contributed by atoms with van der Waals surface area (Å²) in [5.74, 6) is 2.09. The highest BCUT2D eigenvalue weighted by molar-refractivity contribution is 5.91. The second-order valence-electron chi connectivity index (χ2n) is 7.87. The van der Waals surface area contributed by atoms with Gasteiger partial charge in [-0.15, -0.1) is 0 Å². The number of piperazine rings is 2. The van der Waals surface area contributed by atoms with Crippen LogP contribution in [0.5, 0.6) is 0 Å². The zero-order valence-corrected chi connectivity index (χ0v) is 18.7. The van der Waals surface area contributed by atoms with Crippen molar-refractivity contribution in [2.45, 2.75) is 6.92 Å². The van der Waals surface area contributed by atoms with Gasteiger partial charge in [0.2, 0.25) is 5.95 Å². The van der Waals surface area contributed by atoms with Crippen LogP contribution in [-0.2, 0) is 0 Å². The molecule has 2 aliphatic heterocycles. The van der Waals surface area contributed by atoms with E-state index in [9.17, 15) is 4.79 Å². The Kier molecular flexibility index (Phi) is 7.55. The lowest BCUT2D eigenvalue weighted by molar-refractivity contribution is 0.0657. The molecule has 2 aromatic heterocycles. The van der Waals surface area contributed by atoms with Crippen molar-refractivity contribution in [1.29, 1.82) is 0 Å². The molecule has 10 heteroatoms. The van der Waals surface area contributed by atoms with Crippen molar-refractivity contribution in [2.24, 2.45) is 4.99 Å². The second-order valence-corrected chi connectivity index (χ2v) is 7.87. The molecule has 0 spiro atoms. The van der Waals surface area contributed by atoms with Crippen molar-refractivity contribution in [3.05, 3.63) is 42.6 Å². The van der Waals surface area contributed by atoms with Gasteiger partial charge in [-0.1, -0.05) is 0 Å². The summed E-state index contributed by atoms with van der Waals surface area (Å²) >= 11 is 0. The molecule has 0 unspecified atom stereocenters. The molecule has 1 N–H and O–H groups in total. The molecule has 0 bridgehead atoms. The molecular formula is C22H32N8O2. The van der Waals surface area contributed by atoms with Crippen LogP contribution < -0.4 is 10.2 Å². The van der Waals surface area contributed by atoms with E-state index >= 15 is 0 Å². The van der Waals surface area contributed by atoms with Gasteiger partial charge in [-0.25, -0.2) is 9.97 Å². The van der Waals surface area contributed by atoms with Crippen LogP contribution in [0.4, 0.5) is 5.95 Å². The number of rotatable bonds is 6. The highest BCUT2D eigenvalue weighted by Crippen LogP contribution is 2.11. The predicted molar refractivity (Wildman–Crippen MR) is 123 cm³/mol. The van der Waals surface area contributed by atoms with Gasteiger partial charge in [0, 0.05) is 77.8 Å². The molecule has 0 atom stereocenters. The van der Waals surface area contributed by atoms with Crippen LogP contribution in [0.25, 0.3) is 0 Å². The van der Waals surface area contributed by atoms with E-state index in [-0.39, 0.29) is 5.91 Å². The Balaban J connectivity index is 1.23. The van der Waals surface area contributed by atoms with Gasteiger partial charge in [-0.2, -0.15) is 0 Å². The number of guanidine groups is 1. The number of hydrogen-bond acceptors (Lipinski definition) is 7. The van der Waals surface area contributed by atoms with Gasteiger partial charge in [-0.05, 0) is 25.1 Å². The largest absolute Gasteiger partial charge is 0.459 e. The maximum atomic E-state index is 12.5. The SMILES string of the molecule is CCNC(=NCCN1CCN(c2ncccn2)CC1)N1CCN(C(=O)c2ccco2)CC1. The zero-order valence-electron chi connectivity index (χ0n) is 18.7. The molecule has 0 aliphatic carbocycles. The van der Waals surface area contributed by atoms with Crippen molar-refractivity contribution in [3.8, 4) is 0 Å². The monoisotopic (exact) mass is 440 g/mol. The second kappa shape index (κ2) is 10.9. The highest BCUT2D eigenvalue weighted by Gasteiger charge is 2.25. The first kappa shape index (κ1) is 22.1. The van der Waals surface area contributed by atoms with Crippen LogP contribution in [0, 0.1) is 0 Å². The van der Waals surface area contributed by atoms with Crippen LogP contribution in [0.3, 0.4) is 0 Å². The lowest BCUT2D eigenvalue weighted by atomic mass is 10.3. The van der Waals surface area contributed by atoms with Gasteiger partial charge in [0.15, 0.2) is 11.7 Å². The number of furan rings is 1. The molecule has 32 heavy (non-hydrogen) atoms. The van der Waals surface area contributed by atoms with Crippen LogP contribution >= 0.6 is 0 Å². The zero-order chi connectivity index (χ0) is 22.2. The van der Waals surface area contributed by atoms with Crippen LogP contribution in [0.1, 0.15) is 17.5 Å². The summed E-state index contributed by atoms with van der Waals surface area (Å²) in [6, 6.07) is 5.30. The molecular weight excluding hydrogens is 408 g/mol. The fourth-order valence-electron chi connectivity index (χ4n) is 4.03. The molecule has 0 aromatic carbocycles. The Morgan fingerprint density at radius 1 is 1.03 bits per heavy atom. The summed E-state index contributed by atoms with van der Waals surface area (Å²) in [4.78, 5) is 34.8. The van der Waals surface area contributed by atoms with Crippen LogP contribution in [0.15, 0.2) is 46.3 Å². The Labute approximate surface area is 188 Å². The van der Waals surface area contributed by atoms with Crippen molar-refractivity contribution in [2.75, 3.05) is 76.9 Å². The number of amides is 1. The maximum absolute atomic E-state index is 12.5. The molecule has 0 radical (unpaired) electrons. The topological polar surface area (TPSA) is 93.3 Å². The Morgan fingerprint density at radius 3 is 2.41 bits per heavy atom. The smallest absolute Gasteiger partial charge is 0.289 e. The van der Waals surface area contributed by atoms with Crippen molar-refractivity contribution < 1.29 is 9.21 Å². The number of nitrogens with one attached hydrogen (secondary N) is 1. The molecule has 2 fully saturated rings. The van der Waals surface area contributed by atoms with Crippen LogP contribution in [-0.4, -0.2) is 109 Å². The molecule has 172 valence electrons. The van der Waals surface area contributed by atoms with Gasteiger partial charge < -0.3 is 24.4 Å². The number of anilines is 1. The summed E-state index contributed by atoms with van der Waals surface area (Å²) in [5, 5.41) is 3.40. The quantitative estimate of drug-likeness (QED) is 0.516. The lowest BCUT2D eigenvalue weighted by Crippen LogP contribution is -2.54. The molecule has 4 heterocycles. The average molecular weight is 441 g/mol. The normalized spacial score (nSPS) is 18.2. The minimum absolute atomic E-state index is 0.0448. The van der Waals surface area contributed by atoms with Crippen molar-refractivity contribution in [3.63, 3.8) is 0 Å². The molecule has 10 nitrogen and oxygen atoms in total. The minimum atomic E-state index is -0.0448. The molecule has 1 amide bonds.